The predicted molar refractivity (Wildman–Crippen MR) is 80.8 cm³/mol. The normalized spacial score (nSPS) is 22.6. The maximum atomic E-state index is 12.7. The number of methoxy groups -OCH3 is 1. The number of hydrogen-bond acceptors (Lipinski definition) is 3. The molecular formula is C16H24N2O2. The van der Waals surface area contributed by atoms with Crippen LogP contribution in [0.5, 0.6) is 0 Å². The average molecular weight is 276 g/mol. The molecule has 4 heteroatoms. The van der Waals surface area contributed by atoms with Crippen molar-refractivity contribution in [1.29, 1.82) is 0 Å². The van der Waals surface area contributed by atoms with E-state index in [2.05, 4.69) is 24.4 Å². The molecule has 3 unspecified atom stereocenters. The van der Waals surface area contributed by atoms with Crippen molar-refractivity contribution < 1.29 is 9.53 Å². The van der Waals surface area contributed by atoms with Crippen molar-refractivity contribution in [2.24, 2.45) is 5.92 Å². The number of rotatable bonds is 4. The van der Waals surface area contributed by atoms with Gasteiger partial charge in [0.05, 0.1) is 18.6 Å². The second-order valence-electron chi connectivity index (χ2n) is 5.65. The van der Waals surface area contributed by atoms with Crippen molar-refractivity contribution >= 4 is 11.6 Å². The number of likely N-dealkylation sites (N-methyl/N-ethyl adjacent to an activating group) is 1. The minimum Gasteiger partial charge on any atom is -0.383 e. The molecule has 4 nitrogen and oxygen atoms in total. The van der Waals surface area contributed by atoms with Gasteiger partial charge >= 0.3 is 0 Å². The monoisotopic (exact) mass is 276 g/mol. The second kappa shape index (κ2) is 6.27. The maximum Gasteiger partial charge on any atom is 0.228 e. The summed E-state index contributed by atoms with van der Waals surface area (Å²) in [5.41, 5.74) is 2.37. The van der Waals surface area contributed by atoms with Crippen LogP contribution in [0.3, 0.4) is 0 Å². The molecule has 1 aliphatic heterocycles. The van der Waals surface area contributed by atoms with Crippen molar-refractivity contribution in [3.63, 3.8) is 0 Å². The molecule has 20 heavy (non-hydrogen) atoms. The van der Waals surface area contributed by atoms with Crippen LogP contribution in [0.15, 0.2) is 24.3 Å². The van der Waals surface area contributed by atoms with Crippen molar-refractivity contribution in [3.05, 3.63) is 29.8 Å². The summed E-state index contributed by atoms with van der Waals surface area (Å²) in [6.45, 7) is 4.65. The molecule has 1 N–H and O–H groups in total. The Morgan fingerprint density at radius 3 is 2.90 bits per heavy atom. The molecule has 1 aromatic rings. The maximum absolute atomic E-state index is 12.7. The van der Waals surface area contributed by atoms with Crippen molar-refractivity contribution in [2.75, 3.05) is 26.1 Å². The first-order valence-electron chi connectivity index (χ1n) is 7.14. The number of para-hydroxylation sites is 1. The Morgan fingerprint density at radius 1 is 1.50 bits per heavy atom. The third kappa shape index (κ3) is 2.96. The number of ether oxygens (including phenoxy) is 1. The first kappa shape index (κ1) is 14.9. The van der Waals surface area contributed by atoms with Crippen LogP contribution in [0.2, 0.25) is 0 Å². The molecule has 1 amide bonds. The molecule has 1 aromatic carbocycles. The number of amides is 1. The lowest BCUT2D eigenvalue weighted by Crippen LogP contribution is -2.47. The van der Waals surface area contributed by atoms with Crippen LogP contribution in [-0.4, -0.2) is 43.7 Å². The van der Waals surface area contributed by atoms with E-state index in [0.717, 1.165) is 12.1 Å². The average Bonchev–Trinajstić information content (AvgIpc) is 2.45. The SMILES string of the molecule is COCC(C)N(C)C(=O)C1Cc2ccccc2NC1C. The molecule has 0 fully saturated rings. The Labute approximate surface area is 121 Å². The molecule has 0 bridgehead atoms. The summed E-state index contributed by atoms with van der Waals surface area (Å²) in [6, 6.07) is 8.45. The van der Waals surface area contributed by atoms with Gasteiger partial charge in [-0.05, 0) is 31.9 Å². The lowest BCUT2D eigenvalue weighted by molar-refractivity contribution is -0.137. The number of hydrogen-bond donors (Lipinski definition) is 1. The summed E-state index contributed by atoms with van der Waals surface area (Å²) in [7, 11) is 3.52. The molecule has 0 aliphatic carbocycles. The third-order valence-corrected chi connectivity index (χ3v) is 4.18. The first-order valence-corrected chi connectivity index (χ1v) is 7.14. The Hall–Kier alpha value is -1.55. The Kier molecular flexibility index (Phi) is 4.65. The summed E-state index contributed by atoms with van der Waals surface area (Å²) in [4.78, 5) is 14.5. The van der Waals surface area contributed by atoms with E-state index in [1.165, 1.54) is 5.56 Å². The minimum absolute atomic E-state index is 0.0193. The summed E-state index contributed by atoms with van der Waals surface area (Å²) >= 11 is 0. The summed E-state index contributed by atoms with van der Waals surface area (Å²) < 4.78 is 5.14. The zero-order valence-electron chi connectivity index (χ0n) is 12.7. The minimum atomic E-state index is -0.0193. The van der Waals surface area contributed by atoms with Gasteiger partial charge in [-0.15, -0.1) is 0 Å². The standard InChI is InChI=1S/C16H24N2O2/c1-11(10-20-4)18(3)16(19)14-9-13-7-5-6-8-15(13)17-12(14)2/h5-8,11-12,14,17H,9-10H2,1-4H3. The van der Waals surface area contributed by atoms with Crippen molar-refractivity contribution in [3.8, 4) is 0 Å². The molecule has 110 valence electrons. The highest BCUT2D eigenvalue weighted by Gasteiger charge is 2.33. The zero-order chi connectivity index (χ0) is 14.7. The Bertz CT molecular complexity index is 475. The smallest absolute Gasteiger partial charge is 0.228 e. The van der Waals surface area contributed by atoms with Gasteiger partial charge in [0.1, 0.15) is 0 Å². The van der Waals surface area contributed by atoms with E-state index < -0.39 is 0 Å². The van der Waals surface area contributed by atoms with E-state index in [1.54, 1.807) is 12.0 Å². The van der Waals surface area contributed by atoms with Crippen LogP contribution < -0.4 is 5.32 Å². The Balaban J connectivity index is 2.11. The largest absolute Gasteiger partial charge is 0.383 e. The van der Waals surface area contributed by atoms with Crippen LogP contribution in [-0.2, 0) is 16.0 Å². The van der Waals surface area contributed by atoms with Crippen LogP contribution >= 0.6 is 0 Å². The number of carbonyl (C=O) groups is 1. The van der Waals surface area contributed by atoms with E-state index in [0.29, 0.717) is 6.61 Å². The molecule has 0 spiro atoms. The third-order valence-electron chi connectivity index (χ3n) is 4.18. The Morgan fingerprint density at radius 2 is 2.20 bits per heavy atom. The second-order valence-corrected chi connectivity index (χ2v) is 5.65. The summed E-state index contributed by atoms with van der Waals surface area (Å²) in [6.07, 6.45) is 0.799. The number of nitrogens with zero attached hydrogens (tertiary/aromatic N) is 1. The van der Waals surface area contributed by atoms with E-state index >= 15 is 0 Å². The number of carbonyl (C=O) groups excluding carboxylic acids is 1. The molecular weight excluding hydrogens is 252 g/mol. The quantitative estimate of drug-likeness (QED) is 0.916. The van der Waals surface area contributed by atoms with Crippen molar-refractivity contribution in [2.45, 2.75) is 32.4 Å². The van der Waals surface area contributed by atoms with Gasteiger partial charge in [-0.3, -0.25) is 4.79 Å². The van der Waals surface area contributed by atoms with Crippen LogP contribution in [0.1, 0.15) is 19.4 Å². The van der Waals surface area contributed by atoms with Gasteiger partial charge in [0.15, 0.2) is 0 Å². The molecule has 0 saturated heterocycles. The fourth-order valence-corrected chi connectivity index (χ4v) is 2.73. The summed E-state index contributed by atoms with van der Waals surface area (Å²) in [5.74, 6) is 0.165. The van der Waals surface area contributed by atoms with E-state index in [4.69, 9.17) is 4.74 Å². The lowest BCUT2D eigenvalue weighted by Gasteiger charge is -2.35. The topological polar surface area (TPSA) is 41.6 Å². The zero-order valence-corrected chi connectivity index (χ0v) is 12.7. The van der Waals surface area contributed by atoms with Gasteiger partial charge in [-0.1, -0.05) is 18.2 Å². The van der Waals surface area contributed by atoms with E-state index in [1.807, 2.05) is 26.1 Å². The number of nitrogens with one attached hydrogen (secondary N) is 1. The molecule has 1 aliphatic rings. The van der Waals surface area contributed by atoms with Gasteiger partial charge in [-0.2, -0.15) is 0 Å². The first-order chi connectivity index (χ1) is 9.54. The molecule has 0 aromatic heterocycles. The van der Waals surface area contributed by atoms with Gasteiger partial charge in [0, 0.05) is 25.9 Å². The molecule has 0 saturated carbocycles. The predicted octanol–water partition coefficient (Wildman–Crippen LogP) is 2.15. The van der Waals surface area contributed by atoms with E-state index in [9.17, 15) is 4.79 Å². The van der Waals surface area contributed by atoms with Gasteiger partial charge < -0.3 is 15.0 Å². The lowest BCUT2D eigenvalue weighted by atomic mass is 9.87. The van der Waals surface area contributed by atoms with Crippen LogP contribution in [0.25, 0.3) is 0 Å². The number of fused-ring (bicyclic) bond motifs is 1. The van der Waals surface area contributed by atoms with Gasteiger partial charge in [0.25, 0.3) is 0 Å². The highest BCUT2D eigenvalue weighted by molar-refractivity contribution is 5.81. The highest BCUT2D eigenvalue weighted by atomic mass is 16.5. The summed E-state index contributed by atoms with van der Waals surface area (Å²) in [5, 5.41) is 3.44. The fourth-order valence-electron chi connectivity index (χ4n) is 2.73. The molecule has 1 heterocycles. The van der Waals surface area contributed by atoms with E-state index in [-0.39, 0.29) is 23.9 Å². The van der Waals surface area contributed by atoms with Gasteiger partial charge in [0.2, 0.25) is 5.91 Å². The van der Waals surface area contributed by atoms with Crippen LogP contribution in [0.4, 0.5) is 5.69 Å². The number of benzene rings is 1. The van der Waals surface area contributed by atoms with Gasteiger partial charge in [-0.25, -0.2) is 0 Å². The molecule has 3 atom stereocenters. The highest BCUT2D eigenvalue weighted by Crippen LogP contribution is 2.29. The molecule has 2 rings (SSSR count). The van der Waals surface area contributed by atoms with Crippen LogP contribution in [0, 0.1) is 5.92 Å². The fraction of sp³-hybridized carbons (Fsp3) is 0.562. The molecule has 0 radical (unpaired) electrons. The number of anilines is 1. The van der Waals surface area contributed by atoms with Crippen molar-refractivity contribution in [1.82, 2.24) is 4.90 Å².